The van der Waals surface area contributed by atoms with E-state index in [1.165, 1.54) is 0 Å². The minimum Gasteiger partial charge on any atom is -0.481 e. The lowest BCUT2D eigenvalue weighted by atomic mass is 10.1. The van der Waals surface area contributed by atoms with Crippen LogP contribution in [0.25, 0.3) is 0 Å². The Hall–Kier alpha value is -1.58. The molecule has 1 aromatic rings. The minimum atomic E-state index is -0.797. The summed E-state index contributed by atoms with van der Waals surface area (Å²) in [5, 5.41) is 13.0. The van der Waals surface area contributed by atoms with Crippen LogP contribution in [0.4, 0.5) is 0 Å². The molecular formula is C12H18N2O2. The molecule has 0 radical (unpaired) electrons. The monoisotopic (exact) mass is 222 g/mol. The van der Waals surface area contributed by atoms with Crippen molar-refractivity contribution < 1.29 is 9.90 Å². The third-order valence-corrected chi connectivity index (χ3v) is 2.55. The number of carboxylic acid groups (broad SMARTS) is 1. The van der Waals surface area contributed by atoms with E-state index in [-0.39, 0.29) is 6.42 Å². The van der Waals surface area contributed by atoms with Crippen molar-refractivity contribution in [3.8, 4) is 0 Å². The SMILES string of the molecule is C=C(C)Cc1c(C)nn(CCC(=O)O)c1C. The molecule has 4 nitrogen and oxygen atoms in total. The second-order valence-electron chi connectivity index (χ2n) is 4.15. The van der Waals surface area contributed by atoms with Gasteiger partial charge in [0.15, 0.2) is 0 Å². The first-order valence-electron chi connectivity index (χ1n) is 5.31. The first-order valence-corrected chi connectivity index (χ1v) is 5.31. The summed E-state index contributed by atoms with van der Waals surface area (Å²) in [5.74, 6) is -0.797. The number of nitrogens with zero attached hydrogens (tertiary/aromatic N) is 2. The summed E-state index contributed by atoms with van der Waals surface area (Å²) in [5.41, 5.74) is 4.26. The molecule has 0 fully saturated rings. The van der Waals surface area contributed by atoms with Crippen molar-refractivity contribution in [2.75, 3.05) is 0 Å². The molecule has 1 aromatic heterocycles. The third kappa shape index (κ3) is 2.95. The number of rotatable bonds is 5. The number of carbonyl (C=O) groups is 1. The van der Waals surface area contributed by atoms with E-state index in [1.54, 1.807) is 4.68 Å². The molecule has 0 amide bonds. The van der Waals surface area contributed by atoms with Crippen molar-refractivity contribution in [3.63, 3.8) is 0 Å². The lowest BCUT2D eigenvalue weighted by molar-refractivity contribution is -0.137. The molecule has 1 heterocycles. The molecule has 0 aliphatic heterocycles. The van der Waals surface area contributed by atoms with E-state index < -0.39 is 5.97 Å². The van der Waals surface area contributed by atoms with Crippen molar-refractivity contribution >= 4 is 5.97 Å². The summed E-state index contributed by atoms with van der Waals surface area (Å²) < 4.78 is 1.77. The van der Waals surface area contributed by atoms with Crippen molar-refractivity contribution in [3.05, 3.63) is 29.1 Å². The van der Waals surface area contributed by atoms with Gasteiger partial charge >= 0.3 is 5.97 Å². The van der Waals surface area contributed by atoms with Crippen LogP contribution in [-0.2, 0) is 17.8 Å². The van der Waals surface area contributed by atoms with Gasteiger partial charge in [0.05, 0.1) is 18.7 Å². The van der Waals surface area contributed by atoms with Crippen LogP contribution in [0.5, 0.6) is 0 Å². The van der Waals surface area contributed by atoms with Gasteiger partial charge in [-0.05, 0) is 32.8 Å². The average Bonchev–Trinajstić information content (AvgIpc) is 2.42. The van der Waals surface area contributed by atoms with Gasteiger partial charge in [-0.3, -0.25) is 9.48 Å². The van der Waals surface area contributed by atoms with E-state index in [1.807, 2.05) is 20.8 Å². The van der Waals surface area contributed by atoms with Crippen LogP contribution >= 0.6 is 0 Å². The maximum Gasteiger partial charge on any atom is 0.305 e. The first-order chi connectivity index (χ1) is 7.41. The van der Waals surface area contributed by atoms with E-state index in [4.69, 9.17) is 5.11 Å². The van der Waals surface area contributed by atoms with E-state index in [2.05, 4.69) is 11.7 Å². The van der Waals surface area contributed by atoms with Gasteiger partial charge in [0.2, 0.25) is 0 Å². The summed E-state index contributed by atoms with van der Waals surface area (Å²) in [6.07, 6.45) is 0.916. The van der Waals surface area contributed by atoms with E-state index in [9.17, 15) is 4.79 Å². The Morgan fingerprint density at radius 3 is 2.62 bits per heavy atom. The summed E-state index contributed by atoms with van der Waals surface area (Å²) in [6.45, 7) is 10.2. The highest BCUT2D eigenvalue weighted by atomic mass is 16.4. The van der Waals surface area contributed by atoms with Gasteiger partial charge in [-0.25, -0.2) is 0 Å². The molecule has 1 N–H and O–H groups in total. The molecule has 0 aromatic carbocycles. The van der Waals surface area contributed by atoms with E-state index in [0.29, 0.717) is 6.54 Å². The third-order valence-electron chi connectivity index (χ3n) is 2.55. The Morgan fingerprint density at radius 1 is 1.50 bits per heavy atom. The molecule has 0 aliphatic carbocycles. The molecule has 1 rings (SSSR count). The largest absolute Gasteiger partial charge is 0.481 e. The fourth-order valence-corrected chi connectivity index (χ4v) is 1.71. The predicted molar refractivity (Wildman–Crippen MR) is 62.5 cm³/mol. The minimum absolute atomic E-state index is 0.106. The van der Waals surface area contributed by atoms with Crippen LogP contribution in [0, 0.1) is 13.8 Å². The zero-order valence-corrected chi connectivity index (χ0v) is 10.1. The molecule has 0 saturated carbocycles. The summed E-state index contributed by atoms with van der Waals surface area (Å²) in [6, 6.07) is 0. The van der Waals surface area contributed by atoms with Crippen LogP contribution < -0.4 is 0 Å². The Morgan fingerprint density at radius 2 is 2.12 bits per heavy atom. The highest BCUT2D eigenvalue weighted by Gasteiger charge is 2.11. The van der Waals surface area contributed by atoms with Gasteiger partial charge in [0, 0.05) is 5.69 Å². The summed E-state index contributed by atoms with van der Waals surface area (Å²) in [4.78, 5) is 10.5. The van der Waals surface area contributed by atoms with Gasteiger partial charge in [-0.15, -0.1) is 0 Å². The number of allylic oxidation sites excluding steroid dienone is 1. The Kier molecular flexibility index (Phi) is 3.88. The number of aliphatic carboxylic acids is 1. The predicted octanol–water partition coefficient (Wildman–Crippen LogP) is 2.09. The van der Waals surface area contributed by atoms with Crippen molar-refractivity contribution in [2.24, 2.45) is 0 Å². The fourth-order valence-electron chi connectivity index (χ4n) is 1.71. The van der Waals surface area contributed by atoms with Crippen LogP contribution in [0.2, 0.25) is 0 Å². The molecule has 0 aliphatic rings. The molecule has 0 unspecified atom stereocenters. The van der Waals surface area contributed by atoms with Crippen molar-refractivity contribution in [1.82, 2.24) is 9.78 Å². The molecule has 16 heavy (non-hydrogen) atoms. The van der Waals surface area contributed by atoms with E-state index >= 15 is 0 Å². The number of carboxylic acids is 1. The van der Waals surface area contributed by atoms with Crippen molar-refractivity contribution in [2.45, 2.75) is 40.2 Å². The number of hydrogen-bond acceptors (Lipinski definition) is 2. The molecule has 88 valence electrons. The normalized spacial score (nSPS) is 10.4. The van der Waals surface area contributed by atoms with Gasteiger partial charge < -0.3 is 5.11 Å². The fraction of sp³-hybridized carbons (Fsp3) is 0.500. The van der Waals surface area contributed by atoms with Gasteiger partial charge in [0.25, 0.3) is 0 Å². The zero-order chi connectivity index (χ0) is 12.3. The van der Waals surface area contributed by atoms with Crippen molar-refractivity contribution in [1.29, 1.82) is 0 Å². The van der Waals surface area contributed by atoms with Gasteiger partial charge in [-0.2, -0.15) is 5.10 Å². The quantitative estimate of drug-likeness (QED) is 0.776. The summed E-state index contributed by atoms with van der Waals surface area (Å²) in [7, 11) is 0. The van der Waals surface area contributed by atoms with E-state index in [0.717, 1.165) is 28.9 Å². The maximum atomic E-state index is 10.5. The van der Waals surface area contributed by atoms with Crippen LogP contribution in [0.15, 0.2) is 12.2 Å². The molecular weight excluding hydrogens is 204 g/mol. The zero-order valence-electron chi connectivity index (χ0n) is 10.1. The summed E-state index contributed by atoms with van der Waals surface area (Å²) >= 11 is 0. The van der Waals surface area contributed by atoms with Crippen LogP contribution in [0.1, 0.15) is 30.3 Å². The molecule has 4 heteroatoms. The van der Waals surface area contributed by atoms with Gasteiger partial charge in [0.1, 0.15) is 0 Å². The second-order valence-corrected chi connectivity index (χ2v) is 4.15. The average molecular weight is 222 g/mol. The van der Waals surface area contributed by atoms with Crippen LogP contribution in [-0.4, -0.2) is 20.9 Å². The molecule has 0 saturated heterocycles. The highest BCUT2D eigenvalue weighted by molar-refractivity contribution is 5.66. The van der Waals surface area contributed by atoms with Crippen LogP contribution in [0.3, 0.4) is 0 Å². The lowest BCUT2D eigenvalue weighted by Gasteiger charge is -2.03. The van der Waals surface area contributed by atoms with Gasteiger partial charge in [-0.1, -0.05) is 12.2 Å². The Labute approximate surface area is 95.6 Å². The maximum absolute atomic E-state index is 10.5. The number of hydrogen-bond donors (Lipinski definition) is 1. The Bertz CT molecular complexity index is 419. The highest BCUT2D eigenvalue weighted by Crippen LogP contribution is 2.16. The topological polar surface area (TPSA) is 55.1 Å². The first kappa shape index (κ1) is 12.5. The molecule has 0 spiro atoms. The molecule has 0 bridgehead atoms. The Balaban J connectivity index is 2.88. The standard InChI is InChI=1S/C12H18N2O2/c1-8(2)7-11-9(3)13-14(10(11)4)6-5-12(15)16/h1,5-7H2,2-4H3,(H,15,16). The number of aromatic nitrogens is 2. The second kappa shape index (κ2) is 4.96. The molecule has 0 atom stereocenters. The number of aryl methyl sites for hydroxylation is 2. The lowest BCUT2D eigenvalue weighted by Crippen LogP contribution is -2.07. The smallest absolute Gasteiger partial charge is 0.305 e.